The van der Waals surface area contributed by atoms with Crippen LogP contribution in [0.1, 0.15) is 13.3 Å². The number of aliphatic hydroxyl groups excluding tert-OH is 1. The third-order valence-electron chi connectivity index (χ3n) is 3.22. The van der Waals surface area contributed by atoms with Gasteiger partial charge in [-0.05, 0) is 25.4 Å². The van der Waals surface area contributed by atoms with Gasteiger partial charge in [0, 0.05) is 6.54 Å². The van der Waals surface area contributed by atoms with Crippen molar-refractivity contribution in [3.05, 3.63) is 0 Å². The Balaban J connectivity index is 2.72. The summed E-state index contributed by atoms with van der Waals surface area (Å²) in [5.41, 5.74) is 5.13. The number of hydrogen-bond acceptors (Lipinski definition) is 5. The molecule has 4 N–H and O–H groups in total. The number of ether oxygens (including phenoxy) is 1. The minimum atomic E-state index is -0.705. The molecule has 1 aliphatic heterocycles. The van der Waals surface area contributed by atoms with E-state index in [0.29, 0.717) is 19.6 Å². The molecule has 3 atom stereocenters. The summed E-state index contributed by atoms with van der Waals surface area (Å²) in [6.45, 7) is 2.45. The fourth-order valence-corrected chi connectivity index (χ4v) is 2.57. The minimum Gasteiger partial charge on any atom is -0.394 e. The largest absolute Gasteiger partial charge is 0.394 e. The number of nitrogens with zero attached hydrogens (tertiary/aromatic N) is 1. The minimum absolute atomic E-state index is 0.0863. The highest BCUT2D eigenvalue weighted by Gasteiger charge is 2.33. The molecule has 0 saturated carbocycles. The van der Waals surface area contributed by atoms with Crippen LogP contribution in [0.2, 0.25) is 0 Å². The van der Waals surface area contributed by atoms with Gasteiger partial charge in [-0.15, -0.1) is 0 Å². The molecule has 0 aromatic rings. The standard InChI is InChI=1S/C12H23N3O4S/c1-8-7-19-9(6-16)5-15(8)11(17)10(3-4-20-2)14-12(13)18/h8-10,16H,3-7H2,1-2H3,(H3,13,14,18). The van der Waals surface area contributed by atoms with E-state index in [1.54, 1.807) is 16.7 Å². The van der Waals surface area contributed by atoms with Crippen molar-refractivity contribution in [2.75, 3.05) is 31.8 Å². The number of carbonyl (C=O) groups is 2. The number of thioether (sulfide) groups is 1. The van der Waals surface area contributed by atoms with Crippen molar-refractivity contribution in [3.8, 4) is 0 Å². The van der Waals surface area contributed by atoms with Gasteiger partial charge in [0.15, 0.2) is 0 Å². The SMILES string of the molecule is CSCCC(NC(N)=O)C(=O)N1CC(CO)OCC1C. The molecule has 0 radical (unpaired) electrons. The maximum atomic E-state index is 12.5. The molecular formula is C12H23N3O4S. The number of carbonyl (C=O) groups excluding carboxylic acids is 2. The average Bonchev–Trinajstić information content (AvgIpc) is 2.43. The number of amides is 3. The molecule has 8 heteroatoms. The van der Waals surface area contributed by atoms with Crippen molar-refractivity contribution < 1.29 is 19.4 Å². The Kier molecular flexibility index (Phi) is 7.11. The first-order chi connectivity index (χ1) is 9.49. The summed E-state index contributed by atoms with van der Waals surface area (Å²) in [7, 11) is 0. The Morgan fingerprint density at radius 3 is 2.85 bits per heavy atom. The summed E-state index contributed by atoms with van der Waals surface area (Å²) in [6, 6.07) is -1.42. The van der Waals surface area contributed by atoms with Crippen molar-refractivity contribution in [2.24, 2.45) is 5.73 Å². The fraction of sp³-hybridized carbons (Fsp3) is 0.833. The first kappa shape index (κ1) is 17.1. The molecule has 20 heavy (non-hydrogen) atoms. The van der Waals surface area contributed by atoms with Crippen LogP contribution in [0, 0.1) is 0 Å². The maximum absolute atomic E-state index is 12.5. The summed E-state index contributed by atoms with van der Waals surface area (Å²) >= 11 is 1.60. The lowest BCUT2D eigenvalue weighted by molar-refractivity contribution is -0.148. The lowest BCUT2D eigenvalue weighted by atomic mass is 10.1. The van der Waals surface area contributed by atoms with Gasteiger partial charge in [0.25, 0.3) is 0 Å². The van der Waals surface area contributed by atoms with E-state index in [9.17, 15) is 9.59 Å². The van der Waals surface area contributed by atoms with E-state index in [1.165, 1.54) is 0 Å². The zero-order valence-electron chi connectivity index (χ0n) is 11.9. The van der Waals surface area contributed by atoms with Crippen LogP contribution >= 0.6 is 11.8 Å². The van der Waals surface area contributed by atoms with Gasteiger partial charge in [-0.3, -0.25) is 4.79 Å². The summed E-state index contributed by atoms with van der Waals surface area (Å²) in [5.74, 6) is 0.575. The van der Waals surface area contributed by atoms with Gasteiger partial charge in [0.1, 0.15) is 6.04 Å². The monoisotopic (exact) mass is 305 g/mol. The molecule has 3 unspecified atom stereocenters. The quantitative estimate of drug-likeness (QED) is 0.607. The number of rotatable bonds is 6. The highest BCUT2D eigenvalue weighted by Crippen LogP contribution is 2.14. The van der Waals surface area contributed by atoms with Crippen molar-refractivity contribution in [1.82, 2.24) is 10.2 Å². The van der Waals surface area contributed by atoms with Crippen LogP contribution in [-0.2, 0) is 9.53 Å². The van der Waals surface area contributed by atoms with Crippen molar-refractivity contribution in [2.45, 2.75) is 31.5 Å². The molecule has 3 amide bonds. The zero-order chi connectivity index (χ0) is 15.1. The van der Waals surface area contributed by atoms with E-state index >= 15 is 0 Å². The highest BCUT2D eigenvalue weighted by atomic mass is 32.2. The lowest BCUT2D eigenvalue weighted by Gasteiger charge is -2.39. The number of nitrogens with one attached hydrogen (secondary N) is 1. The summed E-state index contributed by atoms with van der Waals surface area (Å²) in [6.07, 6.45) is 2.09. The van der Waals surface area contributed by atoms with Gasteiger partial charge in [-0.25, -0.2) is 4.79 Å². The van der Waals surface area contributed by atoms with Crippen LogP contribution < -0.4 is 11.1 Å². The number of nitrogens with two attached hydrogens (primary N) is 1. The number of morpholine rings is 1. The average molecular weight is 305 g/mol. The van der Waals surface area contributed by atoms with Gasteiger partial charge in [0.2, 0.25) is 5.91 Å². The van der Waals surface area contributed by atoms with Crippen molar-refractivity contribution in [1.29, 1.82) is 0 Å². The van der Waals surface area contributed by atoms with E-state index in [2.05, 4.69) is 5.32 Å². The summed E-state index contributed by atoms with van der Waals surface area (Å²) in [5, 5.41) is 11.6. The molecule has 0 aromatic carbocycles. The Bertz CT molecular complexity index is 343. The molecule has 0 aliphatic carbocycles. The smallest absolute Gasteiger partial charge is 0.312 e. The number of primary amides is 1. The molecule has 1 rings (SSSR count). The van der Waals surface area contributed by atoms with Crippen LogP contribution in [0.25, 0.3) is 0 Å². The van der Waals surface area contributed by atoms with Gasteiger partial charge in [0.05, 0.1) is 25.4 Å². The second-order valence-corrected chi connectivity index (χ2v) is 5.81. The van der Waals surface area contributed by atoms with E-state index < -0.39 is 12.1 Å². The molecular weight excluding hydrogens is 282 g/mol. The fourth-order valence-electron chi connectivity index (χ4n) is 2.10. The summed E-state index contributed by atoms with van der Waals surface area (Å²) in [4.78, 5) is 25.2. The molecule has 1 fully saturated rings. The summed E-state index contributed by atoms with van der Waals surface area (Å²) < 4.78 is 5.40. The van der Waals surface area contributed by atoms with Crippen LogP contribution in [0.4, 0.5) is 4.79 Å². The molecule has 0 aromatic heterocycles. The van der Waals surface area contributed by atoms with E-state index in [0.717, 1.165) is 5.75 Å². The first-order valence-electron chi connectivity index (χ1n) is 6.57. The Morgan fingerprint density at radius 1 is 1.60 bits per heavy atom. The van der Waals surface area contributed by atoms with Gasteiger partial charge in [-0.2, -0.15) is 11.8 Å². The number of hydrogen-bond donors (Lipinski definition) is 3. The van der Waals surface area contributed by atoms with Gasteiger partial charge >= 0.3 is 6.03 Å². The molecule has 1 aliphatic rings. The van der Waals surface area contributed by atoms with E-state index in [1.807, 2.05) is 13.2 Å². The molecule has 0 bridgehead atoms. The lowest BCUT2D eigenvalue weighted by Crippen LogP contribution is -2.58. The van der Waals surface area contributed by atoms with Gasteiger partial charge in [-0.1, -0.05) is 0 Å². The van der Waals surface area contributed by atoms with Crippen molar-refractivity contribution >= 4 is 23.7 Å². The third kappa shape index (κ3) is 4.84. The van der Waals surface area contributed by atoms with E-state index in [-0.39, 0.29) is 24.7 Å². The Morgan fingerprint density at radius 2 is 2.30 bits per heavy atom. The van der Waals surface area contributed by atoms with Crippen molar-refractivity contribution in [3.63, 3.8) is 0 Å². The first-order valence-corrected chi connectivity index (χ1v) is 7.96. The van der Waals surface area contributed by atoms with Crippen LogP contribution in [0.3, 0.4) is 0 Å². The van der Waals surface area contributed by atoms with Gasteiger partial charge < -0.3 is 25.8 Å². The topological polar surface area (TPSA) is 105 Å². The van der Waals surface area contributed by atoms with E-state index in [4.69, 9.17) is 15.6 Å². The van der Waals surface area contributed by atoms with Crippen LogP contribution in [0.15, 0.2) is 0 Å². The Labute approximate surface area is 123 Å². The molecule has 1 saturated heterocycles. The number of aliphatic hydroxyl groups is 1. The highest BCUT2D eigenvalue weighted by molar-refractivity contribution is 7.98. The molecule has 0 spiro atoms. The normalized spacial score (nSPS) is 24.2. The number of urea groups is 1. The predicted octanol–water partition coefficient (Wildman–Crippen LogP) is -0.615. The second kappa shape index (κ2) is 8.33. The third-order valence-corrected chi connectivity index (χ3v) is 3.86. The van der Waals surface area contributed by atoms with Crippen LogP contribution in [-0.4, -0.2) is 71.9 Å². The molecule has 116 valence electrons. The van der Waals surface area contributed by atoms with Crippen LogP contribution in [0.5, 0.6) is 0 Å². The maximum Gasteiger partial charge on any atom is 0.312 e. The predicted molar refractivity (Wildman–Crippen MR) is 77.5 cm³/mol. The molecule has 1 heterocycles. The zero-order valence-corrected chi connectivity index (χ0v) is 12.7. The molecule has 7 nitrogen and oxygen atoms in total. The Hall–Kier alpha value is -0.990. The second-order valence-electron chi connectivity index (χ2n) is 4.82.